The van der Waals surface area contributed by atoms with Gasteiger partial charge in [0.15, 0.2) is 0 Å². The van der Waals surface area contributed by atoms with Crippen molar-refractivity contribution in [3.05, 3.63) is 53.6 Å². The molecular weight excluding hydrogens is 404 g/mol. The number of hydrogen-bond donors (Lipinski definition) is 1. The molecule has 1 heterocycles. The molecule has 1 aliphatic heterocycles. The smallest absolute Gasteiger partial charge is 0.243 e. The van der Waals surface area contributed by atoms with Gasteiger partial charge in [0.1, 0.15) is 0 Å². The Morgan fingerprint density at radius 1 is 1.11 bits per heavy atom. The second-order valence-corrected chi connectivity index (χ2v) is 10.0. The van der Waals surface area contributed by atoms with Crippen molar-refractivity contribution in [2.45, 2.75) is 34.8 Å². The monoisotopic (exact) mass is 424 g/mol. The zero-order chi connectivity index (χ0) is 19.4. The molecule has 1 atom stereocenters. The Morgan fingerprint density at radius 3 is 2.37 bits per heavy atom. The van der Waals surface area contributed by atoms with E-state index in [-0.39, 0.29) is 16.1 Å². The van der Waals surface area contributed by atoms with Gasteiger partial charge in [0.25, 0.3) is 0 Å². The van der Waals surface area contributed by atoms with Crippen LogP contribution >= 0.6 is 23.4 Å². The number of carbonyl (C=O) groups is 1. The van der Waals surface area contributed by atoms with Crippen LogP contribution in [0.2, 0.25) is 5.02 Å². The van der Waals surface area contributed by atoms with Gasteiger partial charge >= 0.3 is 0 Å². The molecule has 0 unspecified atom stereocenters. The summed E-state index contributed by atoms with van der Waals surface area (Å²) in [7, 11) is -3.44. The van der Waals surface area contributed by atoms with Crippen LogP contribution in [0.15, 0.2) is 58.3 Å². The van der Waals surface area contributed by atoms with Crippen LogP contribution in [0.1, 0.15) is 19.8 Å². The molecule has 1 fully saturated rings. The van der Waals surface area contributed by atoms with Gasteiger partial charge in [0.05, 0.1) is 15.2 Å². The van der Waals surface area contributed by atoms with Crippen LogP contribution in [-0.4, -0.2) is 37.0 Å². The van der Waals surface area contributed by atoms with E-state index in [0.29, 0.717) is 23.8 Å². The molecule has 144 valence electrons. The quantitative estimate of drug-likeness (QED) is 0.704. The highest BCUT2D eigenvalue weighted by molar-refractivity contribution is 8.00. The fraction of sp³-hybridized carbons (Fsp3) is 0.316. The molecule has 1 amide bonds. The molecule has 1 aliphatic rings. The lowest BCUT2D eigenvalue weighted by molar-refractivity contribution is -0.115. The van der Waals surface area contributed by atoms with Crippen LogP contribution < -0.4 is 5.32 Å². The van der Waals surface area contributed by atoms with Gasteiger partial charge in [-0.1, -0.05) is 23.7 Å². The number of sulfonamides is 1. The molecule has 0 radical (unpaired) electrons. The van der Waals surface area contributed by atoms with Crippen molar-refractivity contribution in [3.63, 3.8) is 0 Å². The number of halogens is 1. The molecule has 2 aromatic rings. The predicted molar refractivity (Wildman–Crippen MR) is 110 cm³/mol. The van der Waals surface area contributed by atoms with E-state index in [1.165, 1.54) is 28.2 Å². The third-order valence-electron chi connectivity index (χ3n) is 4.33. The number of hydrogen-bond acceptors (Lipinski definition) is 4. The van der Waals surface area contributed by atoms with Gasteiger partial charge in [-0.15, -0.1) is 11.8 Å². The van der Waals surface area contributed by atoms with Crippen molar-refractivity contribution in [1.29, 1.82) is 0 Å². The van der Waals surface area contributed by atoms with Gasteiger partial charge in [-0.25, -0.2) is 8.42 Å². The number of thioether (sulfide) groups is 1. The van der Waals surface area contributed by atoms with Crippen LogP contribution in [0.5, 0.6) is 0 Å². The number of rotatable bonds is 6. The molecule has 0 aromatic heterocycles. The van der Waals surface area contributed by atoms with Crippen LogP contribution in [0.3, 0.4) is 0 Å². The Kier molecular flexibility index (Phi) is 6.47. The largest absolute Gasteiger partial charge is 0.325 e. The molecule has 5 nitrogen and oxygen atoms in total. The number of nitrogens with one attached hydrogen (secondary N) is 1. The lowest BCUT2D eigenvalue weighted by Gasteiger charge is -2.16. The minimum Gasteiger partial charge on any atom is -0.325 e. The highest BCUT2D eigenvalue weighted by Crippen LogP contribution is 2.30. The first-order valence-corrected chi connectivity index (χ1v) is 11.4. The number of amides is 1. The summed E-state index contributed by atoms with van der Waals surface area (Å²) in [5.41, 5.74) is 0.562. The first kappa shape index (κ1) is 20.2. The Bertz CT molecular complexity index is 911. The normalized spacial score (nSPS) is 16.2. The topological polar surface area (TPSA) is 66.5 Å². The minimum atomic E-state index is -3.44. The van der Waals surface area contributed by atoms with E-state index in [0.717, 1.165) is 17.7 Å². The van der Waals surface area contributed by atoms with Gasteiger partial charge in [0, 0.05) is 23.7 Å². The molecular formula is C19H21ClN2O3S2. The van der Waals surface area contributed by atoms with Gasteiger partial charge in [-0.05, 0) is 56.2 Å². The Balaban J connectivity index is 1.64. The van der Waals surface area contributed by atoms with Crippen LogP contribution in [0.4, 0.5) is 5.69 Å². The first-order valence-electron chi connectivity index (χ1n) is 8.70. The zero-order valence-electron chi connectivity index (χ0n) is 14.9. The summed E-state index contributed by atoms with van der Waals surface area (Å²) in [6, 6.07) is 13.7. The average molecular weight is 425 g/mol. The average Bonchev–Trinajstić information content (AvgIpc) is 3.19. The summed E-state index contributed by atoms with van der Waals surface area (Å²) in [5.74, 6) is -0.171. The lowest BCUT2D eigenvalue weighted by atomic mass is 10.3. The van der Waals surface area contributed by atoms with Gasteiger partial charge in [-0.3, -0.25) is 4.79 Å². The predicted octanol–water partition coefficient (Wildman–Crippen LogP) is 4.24. The van der Waals surface area contributed by atoms with E-state index in [4.69, 9.17) is 11.6 Å². The third kappa shape index (κ3) is 4.85. The molecule has 2 aromatic carbocycles. The van der Waals surface area contributed by atoms with Crippen LogP contribution in [0, 0.1) is 0 Å². The van der Waals surface area contributed by atoms with Gasteiger partial charge in [-0.2, -0.15) is 4.31 Å². The molecule has 0 aliphatic carbocycles. The Morgan fingerprint density at radius 2 is 1.74 bits per heavy atom. The number of carbonyl (C=O) groups excluding carboxylic acids is 1. The second-order valence-electron chi connectivity index (χ2n) is 6.32. The Hall–Kier alpha value is -1.54. The van der Waals surface area contributed by atoms with E-state index >= 15 is 0 Å². The number of nitrogens with zero attached hydrogens (tertiary/aromatic N) is 1. The molecule has 8 heteroatoms. The summed E-state index contributed by atoms with van der Waals surface area (Å²) in [6.45, 7) is 2.94. The maximum absolute atomic E-state index is 12.5. The maximum atomic E-state index is 12.5. The fourth-order valence-electron chi connectivity index (χ4n) is 2.82. The molecule has 1 N–H and O–H groups in total. The van der Waals surface area contributed by atoms with Crippen molar-refractivity contribution >= 4 is 45.0 Å². The van der Waals surface area contributed by atoms with Crippen molar-refractivity contribution in [1.82, 2.24) is 4.31 Å². The van der Waals surface area contributed by atoms with E-state index in [1.807, 2.05) is 18.2 Å². The molecule has 1 saturated heterocycles. The van der Waals surface area contributed by atoms with Crippen molar-refractivity contribution in [2.75, 3.05) is 18.4 Å². The minimum absolute atomic E-state index is 0.171. The summed E-state index contributed by atoms with van der Waals surface area (Å²) >= 11 is 7.51. The zero-order valence-corrected chi connectivity index (χ0v) is 17.3. The molecule has 0 saturated carbocycles. The number of anilines is 1. The molecule has 3 rings (SSSR count). The summed E-state index contributed by atoms with van der Waals surface area (Å²) in [5, 5.41) is 3.08. The summed E-state index contributed by atoms with van der Waals surface area (Å²) in [6.07, 6.45) is 1.79. The van der Waals surface area contributed by atoms with E-state index in [2.05, 4.69) is 5.32 Å². The molecule has 27 heavy (non-hydrogen) atoms. The van der Waals surface area contributed by atoms with Crippen molar-refractivity contribution in [2.24, 2.45) is 0 Å². The van der Waals surface area contributed by atoms with Crippen LogP contribution in [0.25, 0.3) is 0 Å². The fourth-order valence-corrected chi connectivity index (χ4v) is 5.49. The second kappa shape index (κ2) is 8.65. The highest BCUT2D eigenvalue weighted by atomic mass is 35.5. The SMILES string of the molecule is C[C@H](Sc1ccccc1Cl)C(=O)Nc1ccc(S(=O)(=O)N2CCCC2)cc1. The maximum Gasteiger partial charge on any atom is 0.243 e. The summed E-state index contributed by atoms with van der Waals surface area (Å²) < 4.78 is 26.6. The van der Waals surface area contributed by atoms with Gasteiger partial charge < -0.3 is 5.32 Å². The molecule has 0 spiro atoms. The van der Waals surface area contributed by atoms with Crippen LogP contribution in [-0.2, 0) is 14.8 Å². The standard InChI is InChI=1S/C19H21ClN2O3S2/c1-14(26-18-7-3-2-6-17(18)20)19(23)21-15-8-10-16(11-9-15)27(24,25)22-12-4-5-13-22/h2-3,6-11,14H,4-5,12-13H2,1H3,(H,21,23)/t14-/m0/s1. The van der Waals surface area contributed by atoms with E-state index in [1.54, 1.807) is 25.1 Å². The van der Waals surface area contributed by atoms with E-state index < -0.39 is 10.0 Å². The van der Waals surface area contributed by atoms with E-state index in [9.17, 15) is 13.2 Å². The highest BCUT2D eigenvalue weighted by Gasteiger charge is 2.27. The first-order chi connectivity index (χ1) is 12.9. The van der Waals surface area contributed by atoms with Crippen molar-refractivity contribution < 1.29 is 13.2 Å². The number of benzene rings is 2. The Labute approximate surface area is 169 Å². The van der Waals surface area contributed by atoms with Gasteiger partial charge in [0.2, 0.25) is 15.9 Å². The molecule has 0 bridgehead atoms. The van der Waals surface area contributed by atoms with Crippen molar-refractivity contribution in [3.8, 4) is 0 Å². The lowest BCUT2D eigenvalue weighted by Crippen LogP contribution is -2.27. The summed E-state index contributed by atoms with van der Waals surface area (Å²) in [4.78, 5) is 13.5. The third-order valence-corrected chi connectivity index (χ3v) is 7.87.